The summed E-state index contributed by atoms with van der Waals surface area (Å²) < 4.78 is 20.1. The molecule has 0 amide bonds. The predicted octanol–water partition coefficient (Wildman–Crippen LogP) is 10.7. The number of aromatic amines is 3. The lowest BCUT2D eigenvalue weighted by Crippen LogP contribution is -2.24. The number of H-pyrrole nitrogens is 3. The van der Waals surface area contributed by atoms with E-state index in [0.29, 0.717) is 0 Å². The van der Waals surface area contributed by atoms with Gasteiger partial charge in [-0.25, -0.2) is 0 Å². The maximum Gasteiger partial charge on any atom is 0.115 e. The minimum atomic E-state index is -0.383. The van der Waals surface area contributed by atoms with Gasteiger partial charge in [0.1, 0.15) is 34.6 Å². The molecule has 7 heterocycles. The summed E-state index contributed by atoms with van der Waals surface area (Å²) in [6.07, 6.45) is 0. The van der Waals surface area contributed by atoms with E-state index in [1.54, 1.807) is 0 Å². The fraction of sp³-hybridized carbons (Fsp3) is 0.429. The number of rotatable bonds is 0. The normalized spacial score (nSPS) is 20.2. The molecule has 0 saturated carbocycles. The van der Waals surface area contributed by atoms with E-state index in [-0.39, 0.29) is 32.5 Å². The van der Waals surface area contributed by atoms with Gasteiger partial charge in [0, 0.05) is 34.2 Å². The van der Waals surface area contributed by atoms with E-state index in [4.69, 9.17) is 13.3 Å². The maximum atomic E-state index is 6.71. The van der Waals surface area contributed by atoms with Crippen LogP contribution in [0.15, 0.2) is 86.0 Å². The summed E-state index contributed by atoms with van der Waals surface area (Å²) >= 11 is 0. The summed E-state index contributed by atoms with van der Waals surface area (Å²) in [5.74, 6) is 5.48. The summed E-state index contributed by atoms with van der Waals surface area (Å²) in [4.78, 5) is 11.3. The Labute approximate surface area is 284 Å². The molecule has 12 bridgehead atoms. The highest BCUT2D eigenvalue weighted by atomic mass is 16.4. The van der Waals surface area contributed by atoms with Crippen molar-refractivity contribution < 1.29 is 13.3 Å². The zero-order valence-electron chi connectivity index (χ0n) is 30.7. The van der Waals surface area contributed by atoms with E-state index in [9.17, 15) is 0 Å². The molecule has 7 rings (SSSR count). The van der Waals surface area contributed by atoms with Crippen LogP contribution in [-0.2, 0) is 32.5 Å². The van der Waals surface area contributed by atoms with Crippen LogP contribution in [0.1, 0.15) is 152 Å². The van der Waals surface area contributed by atoms with Crippen LogP contribution in [0.25, 0.3) is 0 Å². The van der Waals surface area contributed by atoms with Gasteiger partial charge in [-0.05, 0) is 156 Å². The Kier molecular flexibility index (Phi) is 6.78. The van der Waals surface area contributed by atoms with Crippen molar-refractivity contribution in [2.75, 3.05) is 0 Å². The molecular formula is C42H51N3O3. The lowest BCUT2D eigenvalue weighted by Gasteiger charge is -2.27. The third kappa shape index (κ3) is 4.66. The van der Waals surface area contributed by atoms with Gasteiger partial charge in [-0.1, -0.05) is 0 Å². The molecule has 6 heteroatoms. The number of hydrogen-bond acceptors (Lipinski definition) is 3. The molecule has 3 N–H and O–H groups in total. The largest absolute Gasteiger partial charge is 0.464 e. The minimum Gasteiger partial charge on any atom is -0.464 e. The Balaban J connectivity index is 1.38. The number of furan rings is 3. The Morgan fingerprint density at radius 3 is 0.562 bits per heavy atom. The Hall–Kier alpha value is -4.32. The average molecular weight is 646 g/mol. The van der Waals surface area contributed by atoms with E-state index in [0.717, 1.165) is 68.7 Å². The summed E-state index contributed by atoms with van der Waals surface area (Å²) in [6, 6.07) is 25.8. The van der Waals surface area contributed by atoms with Gasteiger partial charge in [0.25, 0.3) is 0 Å². The van der Waals surface area contributed by atoms with Crippen LogP contribution in [0, 0.1) is 0 Å². The van der Waals surface area contributed by atoms with E-state index >= 15 is 0 Å². The molecule has 6 aromatic heterocycles. The molecule has 48 heavy (non-hydrogen) atoms. The molecule has 1 aliphatic rings. The second kappa shape index (κ2) is 10.1. The van der Waals surface area contributed by atoms with Crippen LogP contribution in [-0.4, -0.2) is 15.0 Å². The molecule has 252 valence electrons. The second-order valence-electron chi connectivity index (χ2n) is 17.1. The summed E-state index contributed by atoms with van der Waals surface area (Å²) in [6.45, 7) is 26.5. The van der Waals surface area contributed by atoms with Crippen molar-refractivity contribution in [1.29, 1.82) is 0 Å². The topological polar surface area (TPSA) is 86.8 Å². The molecule has 0 aliphatic carbocycles. The first-order chi connectivity index (χ1) is 22.3. The fourth-order valence-electron chi connectivity index (χ4n) is 7.20. The summed E-state index contributed by atoms with van der Waals surface area (Å²) in [5, 5.41) is 0. The number of nitrogens with one attached hydrogen (secondary N) is 3. The van der Waals surface area contributed by atoms with E-state index in [2.05, 4.69) is 171 Å². The van der Waals surface area contributed by atoms with Crippen molar-refractivity contribution in [3.8, 4) is 0 Å². The lowest BCUT2D eigenvalue weighted by molar-refractivity contribution is 0.349. The predicted molar refractivity (Wildman–Crippen MR) is 191 cm³/mol. The Bertz CT molecular complexity index is 1590. The van der Waals surface area contributed by atoms with Crippen LogP contribution in [0.2, 0.25) is 0 Å². The number of fused-ring (bicyclic) bond motifs is 12. The zero-order valence-corrected chi connectivity index (χ0v) is 30.7. The quantitative estimate of drug-likeness (QED) is 0.154. The zero-order chi connectivity index (χ0) is 34.7. The van der Waals surface area contributed by atoms with E-state index in [1.165, 1.54) is 0 Å². The van der Waals surface area contributed by atoms with Crippen molar-refractivity contribution in [3.05, 3.63) is 142 Å². The third-order valence-electron chi connectivity index (χ3n) is 11.6. The van der Waals surface area contributed by atoms with E-state index < -0.39 is 0 Å². The van der Waals surface area contributed by atoms with Crippen LogP contribution in [0.4, 0.5) is 0 Å². The molecule has 0 fully saturated rings. The van der Waals surface area contributed by atoms with Gasteiger partial charge in [0.05, 0.1) is 32.5 Å². The highest BCUT2D eigenvalue weighted by molar-refractivity contribution is 5.42. The van der Waals surface area contributed by atoms with Gasteiger partial charge in [-0.2, -0.15) is 0 Å². The molecule has 0 saturated heterocycles. The Morgan fingerprint density at radius 1 is 0.271 bits per heavy atom. The van der Waals surface area contributed by atoms with Crippen LogP contribution in [0.5, 0.6) is 0 Å². The monoisotopic (exact) mass is 645 g/mol. The smallest absolute Gasteiger partial charge is 0.115 e. The minimum absolute atomic E-state index is 0.383. The van der Waals surface area contributed by atoms with Crippen molar-refractivity contribution in [1.82, 2.24) is 15.0 Å². The van der Waals surface area contributed by atoms with Crippen molar-refractivity contribution in [2.24, 2.45) is 0 Å². The molecule has 0 atom stereocenters. The fourth-order valence-corrected chi connectivity index (χ4v) is 7.20. The van der Waals surface area contributed by atoms with Gasteiger partial charge in [0.15, 0.2) is 0 Å². The van der Waals surface area contributed by atoms with E-state index in [1.807, 2.05) is 0 Å². The van der Waals surface area contributed by atoms with Gasteiger partial charge in [-0.3, -0.25) is 0 Å². The van der Waals surface area contributed by atoms with Crippen LogP contribution < -0.4 is 0 Å². The van der Waals surface area contributed by atoms with Gasteiger partial charge in [-0.15, -0.1) is 0 Å². The van der Waals surface area contributed by atoms with Crippen molar-refractivity contribution in [2.45, 2.75) is 116 Å². The molecule has 0 spiro atoms. The first-order valence-electron chi connectivity index (χ1n) is 17.2. The lowest BCUT2D eigenvalue weighted by atomic mass is 9.86. The Morgan fingerprint density at radius 2 is 0.417 bits per heavy atom. The molecule has 1 aliphatic heterocycles. The number of aromatic nitrogens is 3. The molecule has 6 aromatic rings. The van der Waals surface area contributed by atoms with Crippen molar-refractivity contribution >= 4 is 0 Å². The SMILES string of the molecule is CC1(C)c2ccc([nH]2)C(C)(C)c2ccc(o2)C(C)(C)c2ccc([nH]2)C(C)(C)c2ccc(o2)C(C)(C)c2ccc([nH]2)C(C)(C)c2ccc1o2. The molecule has 0 unspecified atom stereocenters. The highest BCUT2D eigenvalue weighted by Gasteiger charge is 2.39. The average Bonchev–Trinajstić information content (AvgIpc) is 3.85. The van der Waals surface area contributed by atoms with Gasteiger partial charge < -0.3 is 28.2 Å². The first kappa shape index (κ1) is 32.2. The highest BCUT2D eigenvalue weighted by Crippen LogP contribution is 2.44. The van der Waals surface area contributed by atoms with Gasteiger partial charge in [0.2, 0.25) is 0 Å². The first-order valence-corrected chi connectivity index (χ1v) is 17.2. The molecule has 0 aromatic carbocycles. The second-order valence-corrected chi connectivity index (χ2v) is 17.1. The molecular weight excluding hydrogens is 594 g/mol. The summed E-state index contributed by atoms with van der Waals surface area (Å²) in [5.41, 5.74) is 4.25. The van der Waals surface area contributed by atoms with Gasteiger partial charge >= 0.3 is 0 Å². The molecule has 6 nitrogen and oxygen atoms in total. The third-order valence-corrected chi connectivity index (χ3v) is 11.6. The maximum absolute atomic E-state index is 6.71. The van der Waals surface area contributed by atoms with Crippen LogP contribution in [0.3, 0.4) is 0 Å². The summed E-state index contributed by atoms with van der Waals surface area (Å²) in [7, 11) is 0. The molecule has 0 radical (unpaired) electrons. The standard InChI is InChI=1S/C42H51N3O3/c1-37(2)25-13-14-26(43-25)38(3,4)33-21-22-34(47-33)41(9,10)29-17-18-30(45-29)42(11,12)36-24-23-35(48-36)40(7,8)28-16-15-27(44-28)39(5,6)32-20-19-31(37)46-32/h13-24,43-45H,1-12H3. The van der Waals surface area contributed by atoms with Crippen LogP contribution >= 0.6 is 0 Å². The number of hydrogen-bond donors (Lipinski definition) is 3. The van der Waals surface area contributed by atoms with Crippen molar-refractivity contribution in [3.63, 3.8) is 0 Å².